The number of carbonyl (C=O) groups excluding carboxylic acids is 1. The van der Waals surface area contributed by atoms with Crippen molar-refractivity contribution in [3.05, 3.63) is 48.3 Å². The van der Waals surface area contributed by atoms with Crippen LogP contribution in [0.5, 0.6) is 5.75 Å². The van der Waals surface area contributed by atoms with Crippen molar-refractivity contribution in [2.45, 2.75) is 20.3 Å². The van der Waals surface area contributed by atoms with Crippen molar-refractivity contribution in [3.8, 4) is 5.75 Å². The lowest BCUT2D eigenvalue weighted by Crippen LogP contribution is -2.35. The lowest BCUT2D eigenvalue weighted by atomic mass is 10.1. The van der Waals surface area contributed by atoms with Gasteiger partial charge in [0.15, 0.2) is 0 Å². The van der Waals surface area contributed by atoms with Crippen LogP contribution < -0.4 is 15.0 Å². The summed E-state index contributed by atoms with van der Waals surface area (Å²) >= 11 is 0. The van der Waals surface area contributed by atoms with Crippen LogP contribution in [0.1, 0.15) is 19.2 Å². The molecule has 0 saturated carbocycles. The number of benzene rings is 2. The first-order valence-electron chi connectivity index (χ1n) is 8.73. The molecular formula is C20H20N4O2. The molecule has 1 N–H and O–H groups in total. The number of para-hydroxylation sites is 1. The summed E-state index contributed by atoms with van der Waals surface area (Å²) < 4.78 is 5.69. The first kappa shape index (κ1) is 16.3. The van der Waals surface area contributed by atoms with Gasteiger partial charge in [-0.1, -0.05) is 19.1 Å². The van der Waals surface area contributed by atoms with Gasteiger partial charge in [0.2, 0.25) is 5.91 Å². The molecule has 0 radical (unpaired) electrons. The minimum absolute atomic E-state index is 0.0783. The van der Waals surface area contributed by atoms with Crippen molar-refractivity contribution in [2.75, 3.05) is 23.4 Å². The van der Waals surface area contributed by atoms with Crippen molar-refractivity contribution < 1.29 is 9.53 Å². The van der Waals surface area contributed by atoms with Crippen LogP contribution in [0.2, 0.25) is 0 Å². The molecule has 0 fully saturated rings. The van der Waals surface area contributed by atoms with E-state index in [4.69, 9.17) is 4.74 Å². The number of aromatic nitrogens is 2. The van der Waals surface area contributed by atoms with E-state index in [1.54, 1.807) is 0 Å². The van der Waals surface area contributed by atoms with Crippen LogP contribution in [0, 0.1) is 6.92 Å². The third kappa shape index (κ3) is 2.94. The second-order valence-corrected chi connectivity index (χ2v) is 6.27. The number of nitrogens with one attached hydrogen (secondary N) is 1. The maximum absolute atomic E-state index is 12.3. The Hall–Kier alpha value is -3.15. The monoisotopic (exact) mass is 348 g/mol. The molecular weight excluding hydrogens is 328 g/mol. The normalized spacial score (nSPS) is 13.5. The standard InChI is InChI=1S/C20H20N4O2/c1-3-10-26-14-8-9-18-17(11-14)23-19(25)12-24(18)20-15-6-4-5-7-16(15)21-13(2)22-20/h4-9,11H,3,10,12H2,1-2H3,(H,23,25). The molecule has 1 aromatic heterocycles. The van der Waals surface area contributed by atoms with E-state index in [2.05, 4.69) is 22.2 Å². The van der Waals surface area contributed by atoms with Crippen LogP contribution in [0.3, 0.4) is 0 Å². The summed E-state index contributed by atoms with van der Waals surface area (Å²) in [7, 11) is 0. The zero-order valence-corrected chi connectivity index (χ0v) is 14.8. The maximum Gasteiger partial charge on any atom is 0.244 e. The molecule has 6 nitrogen and oxygen atoms in total. The predicted octanol–water partition coefficient (Wildman–Crippen LogP) is 3.82. The number of aryl methyl sites for hydroxylation is 1. The Balaban J connectivity index is 1.83. The fraction of sp³-hybridized carbons (Fsp3) is 0.250. The molecule has 4 rings (SSSR count). The van der Waals surface area contributed by atoms with Crippen molar-refractivity contribution in [1.29, 1.82) is 0 Å². The van der Waals surface area contributed by atoms with E-state index in [9.17, 15) is 4.79 Å². The summed E-state index contributed by atoms with van der Waals surface area (Å²) in [6.07, 6.45) is 0.932. The number of nitrogens with zero attached hydrogens (tertiary/aromatic N) is 3. The maximum atomic E-state index is 12.3. The van der Waals surface area contributed by atoms with Crippen LogP contribution in [-0.2, 0) is 4.79 Å². The molecule has 26 heavy (non-hydrogen) atoms. The molecule has 6 heteroatoms. The molecule has 0 bridgehead atoms. The first-order chi connectivity index (χ1) is 12.7. The number of hydrogen-bond donors (Lipinski definition) is 1. The lowest BCUT2D eigenvalue weighted by Gasteiger charge is -2.31. The van der Waals surface area contributed by atoms with E-state index in [1.165, 1.54) is 0 Å². The highest BCUT2D eigenvalue weighted by molar-refractivity contribution is 6.05. The SMILES string of the molecule is CCCOc1ccc2c(c1)NC(=O)CN2c1nc(C)nc2ccccc12. The molecule has 2 aromatic carbocycles. The van der Waals surface area contributed by atoms with Crippen LogP contribution in [0.4, 0.5) is 17.2 Å². The molecule has 1 aliphatic heterocycles. The van der Waals surface area contributed by atoms with Gasteiger partial charge in [0.05, 0.1) is 23.5 Å². The van der Waals surface area contributed by atoms with Gasteiger partial charge in [-0.05, 0) is 37.6 Å². The number of anilines is 3. The van der Waals surface area contributed by atoms with E-state index < -0.39 is 0 Å². The van der Waals surface area contributed by atoms with Gasteiger partial charge in [-0.2, -0.15) is 0 Å². The Bertz CT molecular complexity index is 987. The highest BCUT2D eigenvalue weighted by atomic mass is 16.5. The quantitative estimate of drug-likeness (QED) is 0.776. The summed E-state index contributed by atoms with van der Waals surface area (Å²) in [5, 5.41) is 3.86. The average Bonchev–Trinajstić information content (AvgIpc) is 2.64. The van der Waals surface area contributed by atoms with Crippen molar-refractivity contribution in [2.24, 2.45) is 0 Å². The molecule has 3 aromatic rings. The van der Waals surface area contributed by atoms with Crippen LogP contribution in [0.25, 0.3) is 10.9 Å². The van der Waals surface area contributed by atoms with Gasteiger partial charge in [0.1, 0.15) is 23.9 Å². The van der Waals surface area contributed by atoms with E-state index in [0.717, 1.165) is 40.3 Å². The third-order valence-corrected chi connectivity index (χ3v) is 4.26. The van der Waals surface area contributed by atoms with Gasteiger partial charge in [0, 0.05) is 11.5 Å². The van der Waals surface area contributed by atoms with Gasteiger partial charge in [-0.15, -0.1) is 0 Å². The number of hydrogen-bond acceptors (Lipinski definition) is 5. The number of carbonyl (C=O) groups is 1. The summed E-state index contributed by atoms with van der Waals surface area (Å²) in [5.41, 5.74) is 2.50. The Kier molecular flexibility index (Phi) is 4.16. The average molecular weight is 348 g/mol. The van der Waals surface area contributed by atoms with Gasteiger partial charge in [-0.3, -0.25) is 4.79 Å². The highest BCUT2D eigenvalue weighted by Crippen LogP contribution is 2.38. The second kappa shape index (κ2) is 6.63. The molecule has 0 aliphatic carbocycles. The fourth-order valence-corrected chi connectivity index (χ4v) is 3.15. The molecule has 0 spiro atoms. The summed E-state index contributed by atoms with van der Waals surface area (Å²) in [4.78, 5) is 23.4. The molecule has 1 amide bonds. The number of ether oxygens (including phenoxy) is 1. The van der Waals surface area contributed by atoms with E-state index in [0.29, 0.717) is 12.4 Å². The molecule has 0 saturated heterocycles. The van der Waals surface area contributed by atoms with Crippen molar-refractivity contribution >= 4 is 34.0 Å². The van der Waals surface area contributed by atoms with E-state index in [1.807, 2.05) is 54.3 Å². The number of fused-ring (bicyclic) bond motifs is 2. The Morgan fingerprint density at radius 1 is 1.19 bits per heavy atom. The summed E-state index contributed by atoms with van der Waals surface area (Å²) in [6, 6.07) is 13.6. The Morgan fingerprint density at radius 3 is 2.88 bits per heavy atom. The number of rotatable bonds is 4. The van der Waals surface area contributed by atoms with E-state index in [-0.39, 0.29) is 12.5 Å². The Labute approximate surface area is 151 Å². The molecule has 0 unspecified atom stereocenters. The third-order valence-electron chi connectivity index (χ3n) is 4.26. The minimum atomic E-state index is -0.0783. The largest absolute Gasteiger partial charge is 0.494 e. The number of amides is 1. The molecule has 1 aliphatic rings. The second-order valence-electron chi connectivity index (χ2n) is 6.27. The van der Waals surface area contributed by atoms with Crippen LogP contribution >= 0.6 is 0 Å². The van der Waals surface area contributed by atoms with Crippen LogP contribution in [-0.4, -0.2) is 29.0 Å². The lowest BCUT2D eigenvalue weighted by molar-refractivity contribution is -0.115. The Morgan fingerprint density at radius 2 is 2.04 bits per heavy atom. The molecule has 0 atom stereocenters. The molecule has 2 heterocycles. The first-order valence-corrected chi connectivity index (χ1v) is 8.73. The zero-order chi connectivity index (χ0) is 18.1. The smallest absolute Gasteiger partial charge is 0.244 e. The van der Waals surface area contributed by atoms with Gasteiger partial charge >= 0.3 is 0 Å². The van der Waals surface area contributed by atoms with Gasteiger partial charge in [0.25, 0.3) is 0 Å². The minimum Gasteiger partial charge on any atom is -0.494 e. The topological polar surface area (TPSA) is 67.3 Å². The predicted molar refractivity (Wildman–Crippen MR) is 102 cm³/mol. The summed E-state index contributed by atoms with van der Waals surface area (Å²) in [6.45, 7) is 4.78. The van der Waals surface area contributed by atoms with E-state index >= 15 is 0 Å². The van der Waals surface area contributed by atoms with Crippen molar-refractivity contribution in [3.63, 3.8) is 0 Å². The van der Waals surface area contributed by atoms with Gasteiger partial charge < -0.3 is 15.0 Å². The van der Waals surface area contributed by atoms with Crippen molar-refractivity contribution in [1.82, 2.24) is 9.97 Å². The zero-order valence-electron chi connectivity index (χ0n) is 14.8. The molecule has 132 valence electrons. The summed E-state index contributed by atoms with van der Waals surface area (Å²) in [5.74, 6) is 2.09. The van der Waals surface area contributed by atoms with Gasteiger partial charge in [-0.25, -0.2) is 9.97 Å². The fourth-order valence-electron chi connectivity index (χ4n) is 3.15. The van der Waals surface area contributed by atoms with Crippen LogP contribution in [0.15, 0.2) is 42.5 Å². The highest BCUT2D eigenvalue weighted by Gasteiger charge is 2.26.